The second-order valence-corrected chi connectivity index (χ2v) is 11.8. The molecular formula is C29H30ClFN8O. The van der Waals surface area contributed by atoms with Crippen molar-refractivity contribution in [2.45, 2.75) is 51.6 Å². The largest absolute Gasteiger partial charge is 0.383 e. The number of hydrogen-bond acceptors (Lipinski definition) is 7. The summed E-state index contributed by atoms with van der Waals surface area (Å²) in [7, 11) is 0. The van der Waals surface area contributed by atoms with Crippen LogP contribution in [0.3, 0.4) is 0 Å². The third-order valence-corrected chi connectivity index (χ3v) is 7.53. The van der Waals surface area contributed by atoms with Gasteiger partial charge in [-0.25, -0.2) is 9.07 Å². The van der Waals surface area contributed by atoms with Gasteiger partial charge < -0.3 is 16.4 Å². The van der Waals surface area contributed by atoms with E-state index in [9.17, 15) is 14.4 Å². The van der Waals surface area contributed by atoms with E-state index in [1.165, 1.54) is 23.0 Å². The van der Waals surface area contributed by atoms with Crippen LogP contribution in [-0.4, -0.2) is 32.4 Å². The van der Waals surface area contributed by atoms with Gasteiger partial charge in [-0.1, -0.05) is 49.7 Å². The molecule has 0 radical (unpaired) electrons. The number of amides is 1. The van der Waals surface area contributed by atoms with Crippen molar-refractivity contribution in [3.8, 4) is 6.07 Å². The summed E-state index contributed by atoms with van der Waals surface area (Å²) in [4.78, 5) is 16.7. The highest BCUT2D eigenvalue weighted by Gasteiger charge is 2.46. The molecule has 1 amide bonds. The van der Waals surface area contributed by atoms with Gasteiger partial charge in [0.05, 0.1) is 34.0 Å². The van der Waals surface area contributed by atoms with Crippen LogP contribution in [0.25, 0.3) is 10.9 Å². The van der Waals surface area contributed by atoms with E-state index < -0.39 is 17.5 Å². The van der Waals surface area contributed by atoms with Crippen LogP contribution < -0.4 is 16.4 Å². The molecule has 0 bridgehead atoms. The SMILES string of the molecule is CC(C)(C)CNc1c(C#N)cnc2c(Cl)cc(NC(c3ccc(F)cc3)c3cn(C4(C(N)=O)CCC4)nn3)cc12. The van der Waals surface area contributed by atoms with Gasteiger partial charge in [0.25, 0.3) is 0 Å². The number of halogens is 2. The fraction of sp³-hybridized carbons (Fsp3) is 0.345. The number of benzene rings is 2. The molecule has 2 heterocycles. The molecule has 9 nitrogen and oxygen atoms in total. The van der Waals surface area contributed by atoms with Gasteiger partial charge in [0.15, 0.2) is 0 Å². The molecule has 2 aromatic carbocycles. The minimum absolute atomic E-state index is 0.0375. The first-order chi connectivity index (χ1) is 19.0. The smallest absolute Gasteiger partial charge is 0.245 e. The molecule has 0 aliphatic heterocycles. The second kappa shape index (κ2) is 10.4. The zero-order chi connectivity index (χ0) is 28.7. The number of primary amides is 1. The number of hydrogen-bond donors (Lipinski definition) is 3. The van der Waals surface area contributed by atoms with Crippen LogP contribution in [0, 0.1) is 22.6 Å². The first kappa shape index (κ1) is 27.3. The molecular weight excluding hydrogens is 531 g/mol. The lowest BCUT2D eigenvalue weighted by atomic mass is 9.76. The lowest BCUT2D eigenvalue weighted by Gasteiger charge is -2.38. The molecule has 40 heavy (non-hydrogen) atoms. The van der Waals surface area contributed by atoms with Gasteiger partial charge in [-0.3, -0.25) is 9.78 Å². The van der Waals surface area contributed by atoms with E-state index in [-0.39, 0.29) is 11.2 Å². The van der Waals surface area contributed by atoms with Gasteiger partial charge in [0.2, 0.25) is 5.91 Å². The quantitative estimate of drug-likeness (QED) is 0.258. The fourth-order valence-corrected chi connectivity index (χ4v) is 5.11. The first-order valence-corrected chi connectivity index (χ1v) is 13.4. The number of nitrogens with two attached hydrogens (primary N) is 1. The second-order valence-electron chi connectivity index (χ2n) is 11.4. The Labute approximate surface area is 236 Å². The van der Waals surface area contributed by atoms with Crippen molar-refractivity contribution >= 4 is 39.8 Å². The molecule has 0 spiro atoms. The predicted molar refractivity (Wildman–Crippen MR) is 152 cm³/mol. The Kier molecular flexibility index (Phi) is 7.10. The molecule has 1 unspecified atom stereocenters. The molecule has 4 N–H and O–H groups in total. The van der Waals surface area contributed by atoms with Crippen molar-refractivity contribution in [1.29, 1.82) is 5.26 Å². The normalized spacial score (nSPS) is 15.2. The average molecular weight is 561 g/mol. The number of nitriles is 1. The van der Waals surface area contributed by atoms with Crippen molar-refractivity contribution < 1.29 is 9.18 Å². The fourth-order valence-electron chi connectivity index (χ4n) is 4.84. The summed E-state index contributed by atoms with van der Waals surface area (Å²) in [6, 6.07) is 11.3. The summed E-state index contributed by atoms with van der Waals surface area (Å²) < 4.78 is 15.4. The molecule has 0 saturated heterocycles. The van der Waals surface area contributed by atoms with E-state index in [4.69, 9.17) is 17.3 Å². The highest BCUT2D eigenvalue weighted by molar-refractivity contribution is 6.35. The third kappa shape index (κ3) is 5.17. The lowest BCUT2D eigenvalue weighted by molar-refractivity contribution is -0.131. The molecule has 11 heteroatoms. The molecule has 1 saturated carbocycles. The zero-order valence-corrected chi connectivity index (χ0v) is 23.3. The topological polar surface area (TPSA) is 135 Å². The van der Waals surface area contributed by atoms with Crippen LogP contribution in [0.1, 0.15) is 62.9 Å². The number of fused-ring (bicyclic) bond motifs is 1. The standard InChI is InChI=1S/C29H30ClFN8O/c1-28(2,3)16-35-24-18(13-32)14-34-26-21(24)11-20(12-22(26)30)36-25(17-5-7-19(31)8-6-17)23-15-39(38-37-23)29(27(33)40)9-4-10-29/h5-8,11-12,14-15,25,36H,4,9-10,16H2,1-3H3,(H2,33,40)(H,34,35). The van der Waals surface area contributed by atoms with Crippen LogP contribution in [0.2, 0.25) is 5.02 Å². The van der Waals surface area contributed by atoms with E-state index in [1.54, 1.807) is 24.4 Å². The van der Waals surface area contributed by atoms with Crippen molar-refractivity contribution in [3.05, 3.63) is 76.5 Å². The summed E-state index contributed by atoms with van der Waals surface area (Å²) >= 11 is 6.69. The molecule has 206 valence electrons. The lowest BCUT2D eigenvalue weighted by Crippen LogP contribution is -2.51. The highest BCUT2D eigenvalue weighted by Crippen LogP contribution is 2.40. The summed E-state index contributed by atoms with van der Waals surface area (Å²) in [6.07, 6.45) is 5.29. The molecule has 1 fully saturated rings. The summed E-state index contributed by atoms with van der Waals surface area (Å²) in [5.41, 5.74) is 8.27. The molecule has 1 aliphatic rings. The Morgan fingerprint density at radius 3 is 2.60 bits per heavy atom. The molecule has 1 aliphatic carbocycles. The van der Waals surface area contributed by atoms with Gasteiger partial charge in [0, 0.05) is 23.8 Å². The third-order valence-electron chi connectivity index (χ3n) is 7.24. The van der Waals surface area contributed by atoms with E-state index in [1.807, 2.05) is 6.07 Å². The summed E-state index contributed by atoms with van der Waals surface area (Å²) in [5.74, 6) is -0.814. The van der Waals surface area contributed by atoms with Crippen molar-refractivity contribution in [2.75, 3.05) is 17.2 Å². The Bertz CT molecular complexity index is 1620. The predicted octanol–water partition coefficient (Wildman–Crippen LogP) is 5.51. The van der Waals surface area contributed by atoms with Gasteiger partial charge in [-0.15, -0.1) is 5.10 Å². The van der Waals surface area contributed by atoms with Gasteiger partial charge in [-0.05, 0) is 54.5 Å². The van der Waals surface area contributed by atoms with Crippen LogP contribution >= 0.6 is 11.6 Å². The van der Waals surface area contributed by atoms with Crippen LogP contribution in [-0.2, 0) is 10.3 Å². The molecule has 1 atom stereocenters. The Hall–Kier alpha value is -4.23. The van der Waals surface area contributed by atoms with E-state index in [0.717, 1.165) is 12.0 Å². The van der Waals surface area contributed by atoms with E-state index in [2.05, 4.69) is 52.8 Å². The van der Waals surface area contributed by atoms with E-state index in [0.29, 0.717) is 57.9 Å². The number of aromatic nitrogens is 4. The van der Waals surface area contributed by atoms with Crippen molar-refractivity contribution in [1.82, 2.24) is 20.0 Å². The number of carbonyl (C=O) groups excluding carboxylic acids is 1. The summed E-state index contributed by atoms with van der Waals surface area (Å²) in [6.45, 7) is 6.92. The maximum atomic E-state index is 13.8. The Balaban J connectivity index is 1.58. The number of carbonyl (C=O) groups is 1. The van der Waals surface area contributed by atoms with Gasteiger partial charge >= 0.3 is 0 Å². The monoisotopic (exact) mass is 560 g/mol. The molecule has 4 aromatic rings. The Morgan fingerprint density at radius 1 is 1.27 bits per heavy atom. The van der Waals surface area contributed by atoms with Gasteiger partial charge in [-0.2, -0.15) is 5.26 Å². The highest BCUT2D eigenvalue weighted by atomic mass is 35.5. The first-order valence-electron chi connectivity index (χ1n) is 13.0. The maximum absolute atomic E-state index is 13.8. The van der Waals surface area contributed by atoms with Gasteiger partial charge in [0.1, 0.15) is 23.1 Å². The maximum Gasteiger partial charge on any atom is 0.245 e. The van der Waals surface area contributed by atoms with Crippen molar-refractivity contribution in [2.24, 2.45) is 11.1 Å². The number of pyridine rings is 1. The molecule has 2 aromatic heterocycles. The number of nitrogens with one attached hydrogen (secondary N) is 2. The number of anilines is 2. The minimum atomic E-state index is -0.891. The van der Waals surface area contributed by atoms with Crippen molar-refractivity contribution in [3.63, 3.8) is 0 Å². The van der Waals surface area contributed by atoms with Crippen LogP contribution in [0.15, 0.2) is 48.8 Å². The number of nitrogens with zero attached hydrogens (tertiary/aromatic N) is 5. The Morgan fingerprint density at radius 2 is 2.00 bits per heavy atom. The average Bonchev–Trinajstić information content (AvgIpc) is 3.34. The zero-order valence-electron chi connectivity index (χ0n) is 22.5. The van der Waals surface area contributed by atoms with E-state index >= 15 is 0 Å². The van der Waals surface area contributed by atoms with Crippen LogP contribution in [0.4, 0.5) is 15.8 Å². The minimum Gasteiger partial charge on any atom is -0.383 e. The molecule has 5 rings (SSSR count). The van der Waals surface area contributed by atoms with Crippen LogP contribution in [0.5, 0.6) is 0 Å². The number of rotatable bonds is 8. The summed E-state index contributed by atoms with van der Waals surface area (Å²) in [5, 5.41) is 26.4.